The predicted octanol–water partition coefficient (Wildman–Crippen LogP) is -3.95. The Kier molecular flexibility index (Phi) is 16.0. The number of aromatic hydroxyl groups is 1. The van der Waals surface area contributed by atoms with Crippen LogP contribution < -0.4 is 43.0 Å². The van der Waals surface area contributed by atoms with Gasteiger partial charge in [-0.3, -0.25) is 38.4 Å². The van der Waals surface area contributed by atoms with Crippen molar-refractivity contribution < 1.29 is 58.8 Å². The highest BCUT2D eigenvalue weighted by Gasteiger charge is 2.45. The van der Waals surface area contributed by atoms with Crippen LogP contribution in [-0.2, 0) is 44.8 Å². The van der Waals surface area contributed by atoms with Crippen LogP contribution in [0.2, 0.25) is 0 Å². The molecule has 0 saturated carbocycles. The van der Waals surface area contributed by atoms with Crippen LogP contribution in [-0.4, -0.2) is 159 Å². The van der Waals surface area contributed by atoms with Crippen molar-refractivity contribution in [2.45, 2.75) is 99.9 Å². The van der Waals surface area contributed by atoms with Crippen molar-refractivity contribution in [2.24, 2.45) is 17.6 Å². The summed E-state index contributed by atoms with van der Waals surface area (Å²) in [5.41, 5.74) is 6.80. The van der Waals surface area contributed by atoms with Crippen LogP contribution in [0.4, 0.5) is 0 Å². The third kappa shape index (κ3) is 11.4. The normalized spacial score (nSPS) is 27.1. The van der Waals surface area contributed by atoms with Crippen LogP contribution in [0.15, 0.2) is 35.0 Å². The number of amides is 8. The molecule has 8 amide bonds. The SMILES string of the molecule is CC[C@H](C)[C@@H]1NC(=O)CNC(=O)[C@@H](Cc2c(SC)[nH]c3cccc(O)c23)NC(=O)[C@H]([C@@H](C)[C@@H](O)CO)NC(=O)[C@@H]2C[C@@H](O)CN2C(=O)C(CC(N)=O)NC(=O)[C@@H]2C=C(CNC1=O)N2. The maximum absolute atomic E-state index is 14.4. The van der Waals surface area contributed by atoms with Crippen molar-refractivity contribution in [1.82, 2.24) is 47.1 Å². The monoisotopic (exact) mass is 900 g/mol. The lowest BCUT2D eigenvalue weighted by Gasteiger charge is -2.33. The van der Waals surface area contributed by atoms with Gasteiger partial charge < -0.3 is 73.3 Å². The lowest BCUT2D eigenvalue weighted by molar-refractivity contribution is -0.143. The summed E-state index contributed by atoms with van der Waals surface area (Å²) in [5.74, 6) is -8.66. The number of aromatic nitrogens is 1. The minimum atomic E-state index is -1.71. The lowest BCUT2D eigenvalue weighted by atomic mass is 9.93. The van der Waals surface area contributed by atoms with Gasteiger partial charge in [-0.15, -0.1) is 11.8 Å². The first kappa shape index (κ1) is 48.1. The number of phenolic OH excluding ortho intramolecular Hbond substituents is 1. The molecule has 2 aromatic rings. The Hall–Kier alpha value is -5.91. The minimum absolute atomic E-state index is 0.0774. The summed E-state index contributed by atoms with van der Waals surface area (Å²) in [4.78, 5) is 113. The number of thioether (sulfide) groups is 1. The molecule has 4 aliphatic rings. The van der Waals surface area contributed by atoms with Crippen LogP contribution >= 0.6 is 11.8 Å². The van der Waals surface area contributed by atoms with Gasteiger partial charge in [0.1, 0.15) is 42.0 Å². The van der Waals surface area contributed by atoms with E-state index in [0.717, 1.165) is 4.90 Å². The Morgan fingerprint density at radius 2 is 1.59 bits per heavy atom. The summed E-state index contributed by atoms with van der Waals surface area (Å²) in [6.45, 7) is 2.90. The number of nitrogens with zero attached hydrogens (tertiary/aromatic N) is 1. The van der Waals surface area contributed by atoms with E-state index >= 15 is 0 Å². The standard InChI is InChI=1S/C40H56N10O12S/c1-5-17(2)32-37(60)42-13-19-9-23(44-19)35(58)46-25(12-29(41)55)40(62)50-15-20(52)10-26(50)36(59)49-33(18(3)28(54)16-51)38(61)45-24(34(57)43-14-30(56)48-32)11-21-31-22(47-39(21)63-4)7-6-8-27(31)53/h6-9,17-18,20,23-26,28,32-33,44,47,51-54H,5,10-16H2,1-4H3,(H2,41,55)(H,42,60)(H,43,57)(H,45,61)(H,46,58)(H,48,56)(H,49,59)/t17-,18-,20+,23-,24+,25?,26-,28-,32-,33-/m0/s1. The molecule has 10 atom stereocenters. The molecule has 1 aromatic carbocycles. The topological polar surface area (TPSA) is 347 Å². The van der Waals surface area contributed by atoms with E-state index in [1.165, 1.54) is 30.8 Å². The number of carbonyl (C=O) groups excluding carboxylic acids is 8. The Balaban J connectivity index is 1.55. The fraction of sp³-hybridized carbons (Fsp3) is 0.550. The molecule has 2 fully saturated rings. The summed E-state index contributed by atoms with van der Waals surface area (Å²) >= 11 is 1.26. The molecular formula is C40H56N10O12S. The highest BCUT2D eigenvalue weighted by molar-refractivity contribution is 7.98. The van der Waals surface area contributed by atoms with Crippen molar-refractivity contribution >= 4 is 69.9 Å². The van der Waals surface area contributed by atoms with Gasteiger partial charge in [0.15, 0.2) is 0 Å². The molecule has 0 spiro atoms. The molecule has 1 unspecified atom stereocenters. The molecule has 23 heteroatoms. The van der Waals surface area contributed by atoms with Gasteiger partial charge >= 0.3 is 0 Å². The Morgan fingerprint density at radius 1 is 0.905 bits per heavy atom. The lowest BCUT2D eigenvalue weighted by Crippen LogP contribution is -2.62. The zero-order chi connectivity index (χ0) is 46.3. The molecule has 344 valence electrons. The zero-order valence-corrected chi connectivity index (χ0v) is 36.0. The van der Waals surface area contributed by atoms with Gasteiger partial charge in [0.2, 0.25) is 47.3 Å². The number of H-pyrrole nitrogens is 1. The fourth-order valence-electron chi connectivity index (χ4n) is 7.71. The summed E-state index contributed by atoms with van der Waals surface area (Å²) < 4.78 is 0. The maximum Gasteiger partial charge on any atom is 0.247 e. The van der Waals surface area contributed by atoms with Gasteiger partial charge in [0.05, 0.1) is 48.9 Å². The molecule has 5 heterocycles. The molecule has 2 saturated heterocycles. The van der Waals surface area contributed by atoms with Gasteiger partial charge in [-0.05, 0) is 35.9 Å². The number of nitrogens with two attached hydrogens (primary N) is 1. The first-order valence-electron chi connectivity index (χ1n) is 20.5. The number of nitrogens with one attached hydrogen (secondary N) is 8. The second-order valence-corrected chi connectivity index (χ2v) is 16.8. The number of phenols is 1. The molecule has 63 heavy (non-hydrogen) atoms. The Labute approximate surface area is 366 Å². The molecule has 22 nitrogen and oxygen atoms in total. The molecule has 14 N–H and O–H groups in total. The second-order valence-electron chi connectivity index (χ2n) is 16.0. The summed E-state index contributed by atoms with van der Waals surface area (Å²) in [6, 6.07) is -3.62. The number of hydrogen-bond acceptors (Lipinski definition) is 14. The smallest absolute Gasteiger partial charge is 0.247 e. The number of benzene rings is 1. The van der Waals surface area contributed by atoms with Gasteiger partial charge in [-0.25, -0.2) is 0 Å². The maximum atomic E-state index is 14.4. The zero-order valence-electron chi connectivity index (χ0n) is 35.2. The Morgan fingerprint density at radius 3 is 2.24 bits per heavy atom. The summed E-state index contributed by atoms with van der Waals surface area (Å²) in [6.07, 6.45) is -0.490. The highest BCUT2D eigenvalue weighted by atomic mass is 32.2. The van der Waals surface area contributed by atoms with E-state index in [1.54, 1.807) is 25.3 Å². The number of primary amides is 1. The molecule has 6 rings (SSSR count). The number of aromatic amines is 1. The van der Waals surface area contributed by atoms with Gasteiger partial charge in [-0.2, -0.15) is 0 Å². The van der Waals surface area contributed by atoms with Gasteiger partial charge in [-0.1, -0.05) is 33.3 Å². The van der Waals surface area contributed by atoms with Crippen molar-refractivity contribution in [1.29, 1.82) is 0 Å². The van der Waals surface area contributed by atoms with E-state index in [-0.39, 0.29) is 31.1 Å². The fourth-order valence-corrected chi connectivity index (χ4v) is 8.36. The van der Waals surface area contributed by atoms with E-state index in [4.69, 9.17) is 5.73 Å². The van der Waals surface area contributed by atoms with E-state index < -0.39 is 128 Å². The molecule has 2 bridgehead atoms. The number of aliphatic hydroxyl groups is 3. The van der Waals surface area contributed by atoms with Crippen LogP contribution in [0, 0.1) is 11.8 Å². The first-order valence-corrected chi connectivity index (χ1v) is 21.7. The average Bonchev–Trinajstić information content (AvgIpc) is 3.81. The van der Waals surface area contributed by atoms with Crippen molar-refractivity contribution in [3.05, 3.63) is 35.5 Å². The van der Waals surface area contributed by atoms with E-state index in [0.29, 0.717) is 33.6 Å². The van der Waals surface area contributed by atoms with Crippen LogP contribution in [0.5, 0.6) is 5.75 Å². The number of fused-ring (bicyclic) bond motifs is 18. The number of hydrogen-bond donors (Lipinski definition) is 13. The molecule has 4 aliphatic heterocycles. The number of rotatable bonds is 10. The molecular weight excluding hydrogens is 845 g/mol. The molecule has 1 aromatic heterocycles. The van der Waals surface area contributed by atoms with Crippen LogP contribution in [0.25, 0.3) is 10.9 Å². The average molecular weight is 901 g/mol. The van der Waals surface area contributed by atoms with Crippen molar-refractivity contribution in [3.63, 3.8) is 0 Å². The molecule has 0 radical (unpaired) electrons. The van der Waals surface area contributed by atoms with E-state index in [9.17, 15) is 58.8 Å². The van der Waals surface area contributed by atoms with Crippen molar-refractivity contribution in [2.75, 3.05) is 32.5 Å². The van der Waals surface area contributed by atoms with Crippen molar-refractivity contribution in [3.8, 4) is 5.75 Å². The summed E-state index contributed by atoms with van der Waals surface area (Å²) in [5, 5.41) is 61.4. The predicted molar refractivity (Wildman–Crippen MR) is 226 cm³/mol. The minimum Gasteiger partial charge on any atom is -0.507 e. The van der Waals surface area contributed by atoms with Gasteiger partial charge in [0.25, 0.3) is 0 Å². The second kappa shape index (κ2) is 21.0. The quantitative estimate of drug-likeness (QED) is 0.0800. The number of aliphatic hydroxyl groups excluding tert-OH is 3. The Bertz CT molecular complexity index is 2130. The van der Waals surface area contributed by atoms with Crippen LogP contribution in [0.1, 0.15) is 45.6 Å². The molecule has 0 aliphatic carbocycles. The van der Waals surface area contributed by atoms with Crippen LogP contribution in [0.3, 0.4) is 0 Å². The third-order valence-electron chi connectivity index (χ3n) is 11.6. The van der Waals surface area contributed by atoms with E-state index in [2.05, 4.69) is 42.2 Å². The number of carbonyl (C=O) groups is 8. The summed E-state index contributed by atoms with van der Waals surface area (Å²) in [7, 11) is 0. The third-order valence-corrected chi connectivity index (χ3v) is 12.3. The largest absolute Gasteiger partial charge is 0.507 e. The first-order chi connectivity index (χ1) is 29.9. The van der Waals surface area contributed by atoms with Gasteiger partial charge in [0, 0.05) is 36.4 Å². The highest BCUT2D eigenvalue weighted by Crippen LogP contribution is 2.35. The van der Waals surface area contributed by atoms with E-state index in [1.807, 2.05) is 6.92 Å².